The van der Waals surface area contributed by atoms with E-state index in [0.717, 1.165) is 32.5 Å². The van der Waals surface area contributed by atoms with Crippen molar-refractivity contribution in [2.45, 2.75) is 31.9 Å². The number of methoxy groups -OCH3 is 2. The molecule has 5 nitrogen and oxygen atoms in total. The Bertz CT molecular complexity index is 261. The van der Waals surface area contributed by atoms with Crippen LogP contribution in [0, 0.1) is 5.92 Å². The minimum atomic E-state index is -0.213. The van der Waals surface area contributed by atoms with E-state index in [2.05, 4.69) is 17.1 Å². The van der Waals surface area contributed by atoms with Crippen LogP contribution >= 0.6 is 0 Å². The fourth-order valence-corrected chi connectivity index (χ4v) is 2.44. The van der Waals surface area contributed by atoms with Crippen molar-refractivity contribution in [1.29, 1.82) is 0 Å². The highest BCUT2D eigenvalue weighted by molar-refractivity contribution is 5.75. The van der Waals surface area contributed by atoms with Gasteiger partial charge in [0, 0.05) is 20.2 Å². The van der Waals surface area contributed by atoms with E-state index < -0.39 is 0 Å². The molecule has 0 spiro atoms. The number of nitrogens with one attached hydrogen (secondary N) is 1. The van der Waals surface area contributed by atoms with E-state index in [0.29, 0.717) is 12.0 Å². The Balaban J connectivity index is 2.36. The molecule has 0 bridgehead atoms. The number of likely N-dealkylation sites (N-methyl/N-ethyl adjacent to an activating group) is 1. The molecule has 0 saturated carbocycles. The first-order valence-corrected chi connectivity index (χ1v) is 6.62. The molecule has 0 aliphatic carbocycles. The molecular formula is C13H26N2O3. The Morgan fingerprint density at radius 1 is 1.50 bits per heavy atom. The summed E-state index contributed by atoms with van der Waals surface area (Å²) in [5.74, 6) is 0.429. The van der Waals surface area contributed by atoms with Gasteiger partial charge in [-0.1, -0.05) is 6.92 Å². The van der Waals surface area contributed by atoms with Crippen molar-refractivity contribution in [2.24, 2.45) is 5.92 Å². The summed E-state index contributed by atoms with van der Waals surface area (Å²) in [5.41, 5.74) is 0. The number of hydrogen-bond acceptors (Lipinski definition) is 5. The number of rotatable bonds is 6. The molecule has 1 fully saturated rings. The fraction of sp³-hybridized carbons (Fsp3) is 0.923. The normalized spacial score (nSPS) is 26.9. The number of piperidine rings is 1. The van der Waals surface area contributed by atoms with E-state index in [9.17, 15) is 4.79 Å². The van der Waals surface area contributed by atoms with Gasteiger partial charge in [0.2, 0.25) is 0 Å². The van der Waals surface area contributed by atoms with Gasteiger partial charge < -0.3 is 19.7 Å². The van der Waals surface area contributed by atoms with Crippen LogP contribution in [0.25, 0.3) is 0 Å². The van der Waals surface area contributed by atoms with Crippen molar-refractivity contribution in [3.8, 4) is 0 Å². The monoisotopic (exact) mass is 258 g/mol. The summed E-state index contributed by atoms with van der Waals surface area (Å²) < 4.78 is 10.2. The zero-order valence-electron chi connectivity index (χ0n) is 11.9. The van der Waals surface area contributed by atoms with E-state index in [1.165, 1.54) is 7.11 Å². The molecular weight excluding hydrogens is 232 g/mol. The van der Waals surface area contributed by atoms with Crippen LogP contribution in [0.1, 0.15) is 19.8 Å². The lowest BCUT2D eigenvalue weighted by Crippen LogP contribution is -2.46. The van der Waals surface area contributed by atoms with Crippen LogP contribution < -0.4 is 5.32 Å². The Hall–Kier alpha value is -0.650. The zero-order chi connectivity index (χ0) is 13.5. The summed E-state index contributed by atoms with van der Waals surface area (Å²) in [7, 11) is 4.99. The predicted octanol–water partition coefficient (Wildman–Crippen LogP) is 0.494. The lowest BCUT2D eigenvalue weighted by atomic mass is 9.95. The van der Waals surface area contributed by atoms with Gasteiger partial charge in [0.1, 0.15) is 6.04 Å². The van der Waals surface area contributed by atoms with E-state index in [-0.39, 0.29) is 12.0 Å². The van der Waals surface area contributed by atoms with Gasteiger partial charge in [-0.25, -0.2) is 0 Å². The van der Waals surface area contributed by atoms with E-state index in [4.69, 9.17) is 9.47 Å². The molecule has 0 aromatic carbocycles. The third-order valence-electron chi connectivity index (χ3n) is 3.84. The molecule has 0 aromatic heterocycles. The molecule has 5 heteroatoms. The van der Waals surface area contributed by atoms with Crippen molar-refractivity contribution < 1.29 is 14.3 Å². The second-order valence-electron chi connectivity index (χ2n) is 4.99. The number of nitrogens with zero attached hydrogens (tertiary/aromatic N) is 1. The minimum absolute atomic E-state index is 0.189. The van der Waals surface area contributed by atoms with Crippen LogP contribution in [0.4, 0.5) is 0 Å². The quantitative estimate of drug-likeness (QED) is 0.703. The van der Waals surface area contributed by atoms with Crippen LogP contribution in [-0.4, -0.2) is 63.9 Å². The van der Waals surface area contributed by atoms with Crippen LogP contribution in [0.3, 0.4) is 0 Å². The molecule has 1 aliphatic heterocycles. The maximum absolute atomic E-state index is 11.5. The van der Waals surface area contributed by atoms with Gasteiger partial charge in [-0.2, -0.15) is 0 Å². The van der Waals surface area contributed by atoms with Gasteiger partial charge in [0.15, 0.2) is 0 Å². The predicted molar refractivity (Wildman–Crippen MR) is 70.5 cm³/mol. The summed E-state index contributed by atoms with van der Waals surface area (Å²) in [4.78, 5) is 13.8. The molecule has 1 saturated heterocycles. The SMILES string of the molecule is CNC(CCN1CCC(C)C(OC)C1)C(=O)OC. The Morgan fingerprint density at radius 3 is 2.78 bits per heavy atom. The summed E-state index contributed by atoms with van der Waals surface area (Å²) in [6.07, 6.45) is 2.24. The van der Waals surface area contributed by atoms with Gasteiger partial charge in [0.05, 0.1) is 13.2 Å². The van der Waals surface area contributed by atoms with Gasteiger partial charge in [-0.05, 0) is 32.4 Å². The molecule has 1 aliphatic rings. The summed E-state index contributed by atoms with van der Waals surface area (Å²) in [6.45, 7) is 5.16. The van der Waals surface area contributed by atoms with Crippen molar-refractivity contribution in [3.63, 3.8) is 0 Å². The Labute approximate surface area is 110 Å². The van der Waals surface area contributed by atoms with E-state index >= 15 is 0 Å². The second-order valence-corrected chi connectivity index (χ2v) is 4.99. The van der Waals surface area contributed by atoms with Gasteiger partial charge in [-0.15, -0.1) is 0 Å². The molecule has 18 heavy (non-hydrogen) atoms. The maximum Gasteiger partial charge on any atom is 0.322 e. The summed E-state index contributed by atoms with van der Waals surface area (Å²) >= 11 is 0. The molecule has 3 unspecified atom stereocenters. The minimum Gasteiger partial charge on any atom is -0.468 e. The lowest BCUT2D eigenvalue weighted by molar-refractivity contribution is -0.143. The number of likely N-dealkylation sites (tertiary alicyclic amines) is 1. The number of esters is 1. The molecule has 1 rings (SSSR count). The Morgan fingerprint density at radius 2 is 2.22 bits per heavy atom. The van der Waals surface area contributed by atoms with Crippen molar-refractivity contribution in [1.82, 2.24) is 10.2 Å². The van der Waals surface area contributed by atoms with Crippen molar-refractivity contribution in [3.05, 3.63) is 0 Å². The average molecular weight is 258 g/mol. The number of carbonyl (C=O) groups is 1. The Kier molecular flexibility index (Phi) is 6.60. The second kappa shape index (κ2) is 7.71. The van der Waals surface area contributed by atoms with Gasteiger partial charge >= 0.3 is 5.97 Å². The average Bonchev–Trinajstić information content (AvgIpc) is 2.40. The smallest absolute Gasteiger partial charge is 0.322 e. The highest BCUT2D eigenvalue weighted by atomic mass is 16.5. The van der Waals surface area contributed by atoms with Gasteiger partial charge in [0.25, 0.3) is 0 Å². The highest BCUT2D eigenvalue weighted by Gasteiger charge is 2.27. The summed E-state index contributed by atoms with van der Waals surface area (Å²) in [5, 5.41) is 2.99. The third kappa shape index (κ3) is 4.23. The molecule has 0 radical (unpaired) electrons. The fourth-order valence-electron chi connectivity index (χ4n) is 2.44. The van der Waals surface area contributed by atoms with E-state index in [1.54, 1.807) is 14.2 Å². The molecule has 106 valence electrons. The first-order chi connectivity index (χ1) is 8.62. The van der Waals surface area contributed by atoms with Crippen LogP contribution in [0.2, 0.25) is 0 Å². The largest absolute Gasteiger partial charge is 0.468 e. The van der Waals surface area contributed by atoms with Crippen LogP contribution in [0.15, 0.2) is 0 Å². The van der Waals surface area contributed by atoms with E-state index in [1.807, 2.05) is 0 Å². The highest BCUT2D eigenvalue weighted by Crippen LogP contribution is 2.19. The van der Waals surface area contributed by atoms with Crippen molar-refractivity contribution >= 4 is 5.97 Å². The lowest BCUT2D eigenvalue weighted by Gasteiger charge is -2.36. The number of carbonyl (C=O) groups excluding carboxylic acids is 1. The van der Waals surface area contributed by atoms with Crippen LogP contribution in [-0.2, 0) is 14.3 Å². The van der Waals surface area contributed by atoms with Crippen molar-refractivity contribution in [2.75, 3.05) is 40.9 Å². The third-order valence-corrected chi connectivity index (χ3v) is 3.84. The number of hydrogen-bond donors (Lipinski definition) is 1. The molecule has 1 N–H and O–H groups in total. The number of ether oxygens (including phenoxy) is 2. The van der Waals surface area contributed by atoms with Crippen LogP contribution in [0.5, 0.6) is 0 Å². The molecule has 0 amide bonds. The topological polar surface area (TPSA) is 50.8 Å². The maximum atomic E-state index is 11.5. The first-order valence-electron chi connectivity index (χ1n) is 6.62. The zero-order valence-corrected chi connectivity index (χ0v) is 11.9. The molecule has 3 atom stereocenters. The standard InChI is InChI=1S/C13H26N2O3/c1-10-5-7-15(9-12(10)17-3)8-6-11(14-2)13(16)18-4/h10-12,14H,5-9H2,1-4H3. The molecule has 1 heterocycles. The van der Waals surface area contributed by atoms with Gasteiger partial charge in [-0.3, -0.25) is 4.79 Å². The molecule has 0 aromatic rings. The summed E-state index contributed by atoms with van der Waals surface area (Å²) in [6, 6.07) is -0.213. The first kappa shape index (κ1) is 15.4.